The van der Waals surface area contributed by atoms with E-state index in [4.69, 9.17) is 0 Å². The van der Waals surface area contributed by atoms with Gasteiger partial charge in [-0.1, -0.05) is 22.9 Å². The van der Waals surface area contributed by atoms with Crippen LogP contribution < -0.4 is 10.2 Å². The molecule has 1 heterocycles. The van der Waals surface area contributed by atoms with Gasteiger partial charge in [0.2, 0.25) is 5.91 Å². The SMILES string of the molecule is CCCN(CC(=O)NC)c1ncnc2ccc(Br)cc12. The van der Waals surface area contributed by atoms with Crippen molar-refractivity contribution in [2.45, 2.75) is 13.3 Å². The molecule has 2 rings (SSSR count). The maximum atomic E-state index is 11.7. The van der Waals surface area contributed by atoms with Gasteiger partial charge in [-0.25, -0.2) is 9.97 Å². The van der Waals surface area contributed by atoms with E-state index in [-0.39, 0.29) is 5.91 Å². The maximum absolute atomic E-state index is 11.7. The van der Waals surface area contributed by atoms with Crippen LogP contribution in [0.1, 0.15) is 13.3 Å². The van der Waals surface area contributed by atoms with Crippen molar-refractivity contribution in [3.8, 4) is 0 Å². The summed E-state index contributed by atoms with van der Waals surface area (Å²) in [5.41, 5.74) is 0.871. The number of halogens is 1. The molecule has 0 bridgehead atoms. The summed E-state index contributed by atoms with van der Waals surface area (Å²) in [6, 6.07) is 5.87. The molecule has 106 valence electrons. The van der Waals surface area contributed by atoms with E-state index in [1.165, 1.54) is 6.33 Å². The molecule has 20 heavy (non-hydrogen) atoms. The summed E-state index contributed by atoms with van der Waals surface area (Å²) in [6.07, 6.45) is 2.48. The molecule has 0 unspecified atom stereocenters. The lowest BCUT2D eigenvalue weighted by atomic mass is 10.2. The molecule has 0 saturated carbocycles. The Morgan fingerprint density at radius 2 is 2.20 bits per heavy atom. The maximum Gasteiger partial charge on any atom is 0.239 e. The smallest absolute Gasteiger partial charge is 0.239 e. The highest BCUT2D eigenvalue weighted by molar-refractivity contribution is 9.10. The van der Waals surface area contributed by atoms with Gasteiger partial charge in [0.25, 0.3) is 0 Å². The Kier molecular flexibility index (Phi) is 4.89. The van der Waals surface area contributed by atoms with E-state index in [9.17, 15) is 4.79 Å². The molecule has 0 radical (unpaired) electrons. The number of aromatic nitrogens is 2. The quantitative estimate of drug-likeness (QED) is 0.910. The summed E-state index contributed by atoms with van der Waals surface area (Å²) in [5.74, 6) is 0.766. The van der Waals surface area contributed by atoms with E-state index in [1.54, 1.807) is 7.05 Å². The predicted octanol–water partition coefficient (Wildman–Crippen LogP) is 2.35. The minimum absolute atomic E-state index is 0.0276. The first-order valence-corrected chi connectivity index (χ1v) is 7.30. The van der Waals surface area contributed by atoms with Crippen LogP contribution in [-0.4, -0.2) is 36.0 Å². The summed E-state index contributed by atoms with van der Waals surface area (Å²) in [4.78, 5) is 22.3. The lowest BCUT2D eigenvalue weighted by Crippen LogP contribution is -2.36. The third-order valence-electron chi connectivity index (χ3n) is 2.98. The second-order valence-corrected chi connectivity index (χ2v) is 5.37. The number of nitrogens with one attached hydrogen (secondary N) is 1. The Morgan fingerprint density at radius 3 is 2.90 bits per heavy atom. The van der Waals surface area contributed by atoms with Gasteiger partial charge in [0.05, 0.1) is 12.1 Å². The Bertz CT molecular complexity index is 617. The molecule has 0 saturated heterocycles. The zero-order valence-electron chi connectivity index (χ0n) is 11.6. The molecular weight excluding hydrogens is 320 g/mol. The summed E-state index contributed by atoms with van der Waals surface area (Å²) in [7, 11) is 1.64. The van der Waals surface area contributed by atoms with Gasteiger partial charge in [0, 0.05) is 23.5 Å². The van der Waals surface area contributed by atoms with Crippen LogP contribution in [0.15, 0.2) is 29.0 Å². The van der Waals surface area contributed by atoms with E-state index in [0.29, 0.717) is 6.54 Å². The number of rotatable bonds is 5. The van der Waals surface area contributed by atoms with Crippen molar-refractivity contribution in [3.05, 3.63) is 29.0 Å². The van der Waals surface area contributed by atoms with Gasteiger partial charge in [-0.15, -0.1) is 0 Å². The summed E-state index contributed by atoms with van der Waals surface area (Å²) < 4.78 is 0.970. The number of amides is 1. The highest BCUT2D eigenvalue weighted by Crippen LogP contribution is 2.26. The van der Waals surface area contributed by atoms with Crippen molar-refractivity contribution >= 4 is 38.6 Å². The van der Waals surface area contributed by atoms with Crippen LogP contribution in [0.2, 0.25) is 0 Å². The van der Waals surface area contributed by atoms with E-state index < -0.39 is 0 Å². The van der Waals surface area contributed by atoms with Crippen molar-refractivity contribution in [2.75, 3.05) is 25.0 Å². The number of carbonyl (C=O) groups is 1. The van der Waals surface area contributed by atoms with Gasteiger partial charge >= 0.3 is 0 Å². The zero-order valence-corrected chi connectivity index (χ0v) is 13.1. The minimum Gasteiger partial charge on any atom is -0.358 e. The van der Waals surface area contributed by atoms with E-state index in [0.717, 1.165) is 34.2 Å². The molecule has 2 aromatic rings. The van der Waals surface area contributed by atoms with Crippen LogP contribution in [0.3, 0.4) is 0 Å². The van der Waals surface area contributed by atoms with Crippen molar-refractivity contribution in [1.29, 1.82) is 0 Å². The number of hydrogen-bond donors (Lipinski definition) is 1. The first-order valence-electron chi connectivity index (χ1n) is 6.51. The van der Waals surface area contributed by atoms with Gasteiger partial charge in [0.15, 0.2) is 0 Å². The molecule has 6 heteroatoms. The number of hydrogen-bond acceptors (Lipinski definition) is 4. The van der Waals surface area contributed by atoms with Crippen LogP contribution in [0, 0.1) is 0 Å². The molecule has 0 aliphatic carbocycles. The number of fused-ring (bicyclic) bond motifs is 1. The Balaban J connectivity index is 2.46. The van der Waals surface area contributed by atoms with Gasteiger partial charge < -0.3 is 10.2 Å². The predicted molar refractivity (Wildman–Crippen MR) is 83.8 cm³/mol. The third-order valence-corrected chi connectivity index (χ3v) is 3.48. The van der Waals surface area contributed by atoms with Gasteiger partial charge in [-0.3, -0.25) is 4.79 Å². The van der Waals surface area contributed by atoms with E-state index >= 15 is 0 Å². The molecule has 0 aliphatic heterocycles. The highest BCUT2D eigenvalue weighted by atomic mass is 79.9. The molecule has 0 atom stereocenters. The first kappa shape index (κ1) is 14.7. The van der Waals surface area contributed by atoms with Crippen molar-refractivity contribution in [2.24, 2.45) is 0 Å². The molecule has 1 aromatic carbocycles. The molecule has 0 spiro atoms. The summed E-state index contributed by atoms with van der Waals surface area (Å²) >= 11 is 3.47. The number of nitrogens with zero attached hydrogens (tertiary/aromatic N) is 3. The number of anilines is 1. The van der Waals surface area contributed by atoms with Crippen LogP contribution >= 0.6 is 15.9 Å². The highest BCUT2D eigenvalue weighted by Gasteiger charge is 2.14. The zero-order chi connectivity index (χ0) is 14.5. The fourth-order valence-corrected chi connectivity index (χ4v) is 2.41. The van der Waals surface area contributed by atoms with Crippen molar-refractivity contribution in [3.63, 3.8) is 0 Å². The van der Waals surface area contributed by atoms with Crippen LogP contribution in [0.5, 0.6) is 0 Å². The molecule has 5 nitrogen and oxygen atoms in total. The van der Waals surface area contributed by atoms with Crippen LogP contribution in [0.25, 0.3) is 10.9 Å². The van der Waals surface area contributed by atoms with E-state index in [2.05, 4.69) is 38.1 Å². The second-order valence-electron chi connectivity index (χ2n) is 4.45. The molecule has 0 fully saturated rings. The lowest BCUT2D eigenvalue weighted by molar-refractivity contribution is -0.119. The Labute approximate surface area is 126 Å². The van der Waals surface area contributed by atoms with Crippen molar-refractivity contribution < 1.29 is 4.79 Å². The summed E-state index contributed by atoms with van der Waals surface area (Å²) in [6.45, 7) is 3.14. The number of likely N-dealkylation sites (N-methyl/N-ethyl adjacent to an activating group) is 1. The van der Waals surface area contributed by atoms with Crippen LogP contribution in [-0.2, 0) is 4.79 Å². The lowest BCUT2D eigenvalue weighted by Gasteiger charge is -2.23. The number of benzene rings is 1. The molecule has 1 N–H and O–H groups in total. The topological polar surface area (TPSA) is 58.1 Å². The fourth-order valence-electron chi connectivity index (χ4n) is 2.05. The second kappa shape index (κ2) is 6.65. The monoisotopic (exact) mass is 336 g/mol. The molecule has 1 amide bonds. The average molecular weight is 337 g/mol. The van der Waals surface area contributed by atoms with Crippen LogP contribution in [0.4, 0.5) is 5.82 Å². The fraction of sp³-hybridized carbons (Fsp3) is 0.357. The minimum atomic E-state index is -0.0276. The van der Waals surface area contributed by atoms with E-state index in [1.807, 2.05) is 23.1 Å². The first-order chi connectivity index (χ1) is 9.65. The van der Waals surface area contributed by atoms with Crippen molar-refractivity contribution in [1.82, 2.24) is 15.3 Å². The normalized spacial score (nSPS) is 10.6. The van der Waals surface area contributed by atoms with Gasteiger partial charge in [-0.2, -0.15) is 0 Å². The third kappa shape index (κ3) is 3.25. The Morgan fingerprint density at radius 1 is 1.40 bits per heavy atom. The number of carbonyl (C=O) groups excluding carboxylic acids is 1. The van der Waals surface area contributed by atoms with Gasteiger partial charge in [-0.05, 0) is 24.6 Å². The van der Waals surface area contributed by atoms with Gasteiger partial charge in [0.1, 0.15) is 12.1 Å². The molecule has 0 aliphatic rings. The standard InChI is InChI=1S/C14H17BrN4O/c1-3-6-19(8-13(20)16-2)14-11-7-10(15)4-5-12(11)17-9-18-14/h4-5,7,9H,3,6,8H2,1-2H3,(H,16,20). The largest absolute Gasteiger partial charge is 0.358 e. The summed E-state index contributed by atoms with van der Waals surface area (Å²) in [5, 5.41) is 3.59. The molecular formula is C14H17BrN4O. The Hall–Kier alpha value is -1.69. The average Bonchev–Trinajstić information content (AvgIpc) is 2.46. The molecule has 1 aromatic heterocycles.